The van der Waals surface area contributed by atoms with Gasteiger partial charge in [-0.1, -0.05) is 38.1 Å². The fourth-order valence-corrected chi connectivity index (χ4v) is 2.20. The van der Waals surface area contributed by atoms with Crippen LogP contribution in [0.5, 0.6) is 0 Å². The highest BCUT2D eigenvalue weighted by Crippen LogP contribution is 2.23. The summed E-state index contributed by atoms with van der Waals surface area (Å²) in [5, 5.41) is 3.35. The molecule has 0 amide bonds. The quantitative estimate of drug-likeness (QED) is 0.895. The Kier molecular flexibility index (Phi) is 3.82. The number of nitrogens with one attached hydrogen (secondary N) is 1. The van der Waals surface area contributed by atoms with Gasteiger partial charge in [0, 0.05) is 7.05 Å². The van der Waals surface area contributed by atoms with Crippen LogP contribution in [-0.4, -0.2) is 16.6 Å². The number of aromatic nitrogens is 2. The van der Waals surface area contributed by atoms with Crippen LogP contribution in [0.1, 0.15) is 42.6 Å². The van der Waals surface area contributed by atoms with Crippen LogP contribution in [0.4, 0.5) is 0 Å². The second-order valence-electron chi connectivity index (χ2n) is 4.97. The average Bonchev–Trinajstić information content (AvgIpc) is 2.78. The van der Waals surface area contributed by atoms with Gasteiger partial charge < -0.3 is 9.88 Å². The van der Waals surface area contributed by atoms with Crippen LogP contribution in [0.15, 0.2) is 36.8 Å². The van der Waals surface area contributed by atoms with Gasteiger partial charge in [0.05, 0.1) is 24.3 Å². The molecule has 1 N–H and O–H groups in total. The molecule has 0 saturated carbocycles. The summed E-state index contributed by atoms with van der Waals surface area (Å²) in [6.45, 7) is 4.43. The van der Waals surface area contributed by atoms with E-state index >= 15 is 0 Å². The molecule has 18 heavy (non-hydrogen) atoms. The third-order valence-corrected chi connectivity index (χ3v) is 3.37. The summed E-state index contributed by atoms with van der Waals surface area (Å²) in [5.74, 6) is 0.573. The smallest absolute Gasteiger partial charge is 0.0946 e. The molecule has 1 aromatic heterocycles. The van der Waals surface area contributed by atoms with Crippen LogP contribution < -0.4 is 5.32 Å². The predicted molar refractivity (Wildman–Crippen MR) is 74.6 cm³/mol. The minimum atomic E-state index is 0.193. The molecule has 3 heteroatoms. The zero-order valence-electron chi connectivity index (χ0n) is 11.5. The van der Waals surface area contributed by atoms with E-state index in [2.05, 4.69) is 53.0 Å². The van der Waals surface area contributed by atoms with Crippen LogP contribution >= 0.6 is 0 Å². The summed E-state index contributed by atoms with van der Waals surface area (Å²) >= 11 is 0. The lowest BCUT2D eigenvalue weighted by molar-refractivity contribution is 0.637. The number of benzene rings is 1. The number of aryl methyl sites for hydroxylation is 1. The van der Waals surface area contributed by atoms with Crippen molar-refractivity contribution in [2.24, 2.45) is 7.05 Å². The van der Waals surface area contributed by atoms with Crippen LogP contribution in [-0.2, 0) is 7.05 Å². The lowest BCUT2D eigenvalue weighted by atomic mass is 9.98. The Morgan fingerprint density at radius 3 is 2.17 bits per heavy atom. The zero-order chi connectivity index (χ0) is 13.1. The molecule has 96 valence electrons. The van der Waals surface area contributed by atoms with E-state index in [0.29, 0.717) is 5.92 Å². The van der Waals surface area contributed by atoms with Gasteiger partial charge in [0.2, 0.25) is 0 Å². The normalized spacial score (nSPS) is 12.9. The minimum Gasteiger partial charge on any atom is -0.336 e. The largest absolute Gasteiger partial charge is 0.336 e. The van der Waals surface area contributed by atoms with Crippen molar-refractivity contribution < 1.29 is 0 Å². The lowest BCUT2D eigenvalue weighted by Gasteiger charge is -2.18. The van der Waals surface area contributed by atoms with Crippen molar-refractivity contribution in [2.75, 3.05) is 7.05 Å². The van der Waals surface area contributed by atoms with Crippen LogP contribution in [0.3, 0.4) is 0 Å². The molecule has 0 radical (unpaired) electrons. The maximum Gasteiger partial charge on any atom is 0.0946 e. The molecule has 0 aliphatic rings. The maximum atomic E-state index is 4.18. The van der Waals surface area contributed by atoms with Crippen molar-refractivity contribution in [2.45, 2.75) is 25.8 Å². The molecule has 3 nitrogen and oxygen atoms in total. The van der Waals surface area contributed by atoms with Gasteiger partial charge in [-0.2, -0.15) is 0 Å². The molecule has 0 saturated heterocycles. The summed E-state index contributed by atoms with van der Waals surface area (Å²) in [6.07, 6.45) is 3.75. The van der Waals surface area contributed by atoms with Crippen molar-refractivity contribution in [3.63, 3.8) is 0 Å². The monoisotopic (exact) mass is 243 g/mol. The van der Waals surface area contributed by atoms with Gasteiger partial charge in [0.15, 0.2) is 0 Å². The predicted octanol–water partition coefficient (Wildman–Crippen LogP) is 2.85. The van der Waals surface area contributed by atoms with Crippen LogP contribution in [0.25, 0.3) is 0 Å². The molecule has 1 heterocycles. The number of hydrogen-bond acceptors (Lipinski definition) is 2. The van der Waals surface area contributed by atoms with E-state index in [-0.39, 0.29) is 6.04 Å². The second kappa shape index (κ2) is 5.36. The van der Waals surface area contributed by atoms with Crippen molar-refractivity contribution in [1.29, 1.82) is 0 Å². The number of rotatable bonds is 4. The molecular weight excluding hydrogens is 222 g/mol. The first-order valence-electron chi connectivity index (χ1n) is 6.36. The molecule has 1 unspecified atom stereocenters. The third-order valence-electron chi connectivity index (χ3n) is 3.37. The Labute approximate surface area is 109 Å². The highest BCUT2D eigenvalue weighted by Gasteiger charge is 2.15. The van der Waals surface area contributed by atoms with E-state index < -0.39 is 0 Å². The Balaban J connectivity index is 2.31. The van der Waals surface area contributed by atoms with Crippen molar-refractivity contribution in [1.82, 2.24) is 14.9 Å². The molecule has 2 aromatic rings. The van der Waals surface area contributed by atoms with Gasteiger partial charge in [-0.3, -0.25) is 0 Å². The fraction of sp³-hybridized carbons (Fsp3) is 0.400. The molecule has 0 aliphatic heterocycles. The minimum absolute atomic E-state index is 0.193. The topological polar surface area (TPSA) is 29.9 Å². The van der Waals surface area contributed by atoms with Gasteiger partial charge in [-0.05, 0) is 24.1 Å². The summed E-state index contributed by atoms with van der Waals surface area (Å²) < 4.78 is 2.05. The average molecular weight is 243 g/mol. The van der Waals surface area contributed by atoms with Crippen LogP contribution in [0.2, 0.25) is 0 Å². The van der Waals surface area contributed by atoms with Gasteiger partial charge in [0.1, 0.15) is 0 Å². The Hall–Kier alpha value is -1.61. The molecular formula is C15H21N3. The SMILES string of the molecule is CNC(c1ccc(C(C)C)cc1)c1cncn1C. The second-order valence-corrected chi connectivity index (χ2v) is 4.97. The number of hydrogen-bond donors (Lipinski definition) is 1. The molecule has 0 spiro atoms. The molecule has 2 rings (SSSR count). The number of nitrogens with zero attached hydrogens (tertiary/aromatic N) is 2. The van der Waals surface area contributed by atoms with Gasteiger partial charge in [0.25, 0.3) is 0 Å². The van der Waals surface area contributed by atoms with Crippen molar-refractivity contribution >= 4 is 0 Å². The van der Waals surface area contributed by atoms with Gasteiger partial charge >= 0.3 is 0 Å². The van der Waals surface area contributed by atoms with Crippen molar-refractivity contribution in [3.8, 4) is 0 Å². The lowest BCUT2D eigenvalue weighted by Crippen LogP contribution is -2.20. The molecule has 1 atom stereocenters. The van der Waals surface area contributed by atoms with Gasteiger partial charge in [-0.25, -0.2) is 4.98 Å². The van der Waals surface area contributed by atoms with Gasteiger partial charge in [-0.15, -0.1) is 0 Å². The molecule has 0 aliphatic carbocycles. The zero-order valence-corrected chi connectivity index (χ0v) is 11.5. The van der Waals surface area contributed by atoms with E-state index in [1.807, 2.05) is 26.6 Å². The summed E-state index contributed by atoms with van der Waals surface area (Å²) in [7, 11) is 4.00. The first-order chi connectivity index (χ1) is 8.63. The van der Waals surface area contributed by atoms with Crippen molar-refractivity contribution in [3.05, 3.63) is 53.6 Å². The third kappa shape index (κ3) is 2.46. The van der Waals surface area contributed by atoms with E-state index in [1.165, 1.54) is 16.8 Å². The molecule has 1 aromatic carbocycles. The molecule has 0 bridgehead atoms. The van der Waals surface area contributed by atoms with E-state index in [1.54, 1.807) is 0 Å². The molecule has 0 fully saturated rings. The van der Waals surface area contributed by atoms with Crippen LogP contribution in [0, 0.1) is 0 Å². The van der Waals surface area contributed by atoms with E-state index in [0.717, 1.165) is 0 Å². The first kappa shape index (κ1) is 12.8. The standard InChI is InChI=1S/C15H21N3/c1-11(2)12-5-7-13(8-6-12)15(16-3)14-9-17-10-18(14)4/h5-11,15-16H,1-4H3. The highest BCUT2D eigenvalue weighted by atomic mass is 15.1. The van der Waals surface area contributed by atoms with E-state index in [9.17, 15) is 0 Å². The summed E-state index contributed by atoms with van der Waals surface area (Å²) in [4.78, 5) is 4.18. The number of imidazole rings is 1. The maximum absolute atomic E-state index is 4.18. The Morgan fingerprint density at radius 1 is 1.11 bits per heavy atom. The Morgan fingerprint density at radius 2 is 1.72 bits per heavy atom. The summed E-state index contributed by atoms with van der Waals surface area (Å²) in [5.41, 5.74) is 3.82. The highest BCUT2D eigenvalue weighted by molar-refractivity contribution is 5.31. The van der Waals surface area contributed by atoms with E-state index in [4.69, 9.17) is 0 Å². The first-order valence-corrected chi connectivity index (χ1v) is 6.36. The summed E-state index contributed by atoms with van der Waals surface area (Å²) in [6, 6.07) is 9.01. The fourth-order valence-electron chi connectivity index (χ4n) is 2.20. The Bertz CT molecular complexity index is 497.